The zero-order valence-electron chi connectivity index (χ0n) is 11.5. The molecule has 0 aliphatic rings. The molecule has 0 fully saturated rings. The summed E-state index contributed by atoms with van der Waals surface area (Å²) in [7, 11) is 1.94. The smallest absolute Gasteiger partial charge is 0.159 e. The van der Waals surface area contributed by atoms with Crippen molar-refractivity contribution < 1.29 is 8.78 Å². The fourth-order valence-corrected chi connectivity index (χ4v) is 2.89. The zero-order chi connectivity index (χ0) is 14.5. The highest BCUT2D eigenvalue weighted by Gasteiger charge is 2.07. The molecule has 4 heteroatoms. The predicted octanol–water partition coefficient (Wildman–Crippen LogP) is 4.79. The van der Waals surface area contributed by atoms with Gasteiger partial charge in [0, 0.05) is 15.8 Å². The van der Waals surface area contributed by atoms with Gasteiger partial charge in [0.05, 0.1) is 0 Å². The Hall–Kier alpha value is -1.39. The van der Waals surface area contributed by atoms with E-state index in [0.717, 1.165) is 17.4 Å². The van der Waals surface area contributed by atoms with Crippen LogP contribution in [0.15, 0.2) is 52.3 Å². The van der Waals surface area contributed by atoms with Crippen molar-refractivity contribution in [2.24, 2.45) is 0 Å². The van der Waals surface area contributed by atoms with Crippen LogP contribution in [0.2, 0.25) is 0 Å². The molecule has 0 saturated heterocycles. The Balaban J connectivity index is 2.12. The summed E-state index contributed by atoms with van der Waals surface area (Å²) in [6, 6.07) is 12.4. The molecule has 2 aromatic rings. The van der Waals surface area contributed by atoms with Crippen molar-refractivity contribution in [1.29, 1.82) is 0 Å². The van der Waals surface area contributed by atoms with Crippen LogP contribution in [0.25, 0.3) is 0 Å². The summed E-state index contributed by atoms with van der Waals surface area (Å²) in [5.74, 6) is -1.63. The van der Waals surface area contributed by atoms with Crippen LogP contribution in [0.4, 0.5) is 8.78 Å². The summed E-state index contributed by atoms with van der Waals surface area (Å²) < 4.78 is 26.0. The molecule has 0 aliphatic heterocycles. The maximum atomic E-state index is 13.1. The quantitative estimate of drug-likeness (QED) is 0.851. The normalized spacial score (nSPS) is 12.4. The van der Waals surface area contributed by atoms with Gasteiger partial charge in [0.1, 0.15) is 0 Å². The Morgan fingerprint density at radius 2 is 1.65 bits per heavy atom. The maximum Gasteiger partial charge on any atom is 0.159 e. The number of rotatable bonds is 5. The molecule has 1 unspecified atom stereocenters. The number of hydrogen-bond acceptors (Lipinski definition) is 2. The first-order valence-corrected chi connectivity index (χ1v) is 7.35. The summed E-state index contributed by atoms with van der Waals surface area (Å²) in [4.78, 5) is 1.70. The summed E-state index contributed by atoms with van der Waals surface area (Å²) in [6.45, 7) is 2.13. The monoisotopic (exact) mass is 293 g/mol. The molecule has 0 spiro atoms. The lowest BCUT2D eigenvalue weighted by atomic mass is 10.1. The van der Waals surface area contributed by atoms with Crippen LogP contribution in [0, 0.1) is 11.6 Å². The van der Waals surface area contributed by atoms with Gasteiger partial charge in [-0.05, 0) is 49.4 Å². The Labute approximate surface area is 122 Å². The lowest BCUT2D eigenvalue weighted by molar-refractivity contribution is 0.506. The van der Waals surface area contributed by atoms with Crippen molar-refractivity contribution >= 4 is 11.8 Å². The SMILES string of the molecule is CCC(NC)c1ccc(Sc2ccc(F)c(F)c2)cc1. The first kappa shape index (κ1) is 15.0. The third kappa shape index (κ3) is 3.58. The second kappa shape index (κ2) is 6.86. The molecule has 0 aromatic heterocycles. The van der Waals surface area contributed by atoms with Crippen molar-refractivity contribution in [3.63, 3.8) is 0 Å². The van der Waals surface area contributed by atoms with Crippen LogP contribution in [0.5, 0.6) is 0 Å². The van der Waals surface area contributed by atoms with Crippen LogP contribution < -0.4 is 5.32 Å². The van der Waals surface area contributed by atoms with E-state index in [1.807, 2.05) is 19.2 Å². The average molecular weight is 293 g/mol. The topological polar surface area (TPSA) is 12.0 Å². The molecule has 106 valence electrons. The van der Waals surface area contributed by atoms with E-state index < -0.39 is 11.6 Å². The van der Waals surface area contributed by atoms with E-state index in [-0.39, 0.29) is 0 Å². The summed E-state index contributed by atoms with van der Waals surface area (Å²) in [5.41, 5.74) is 1.23. The molecular formula is C16H17F2NS. The van der Waals surface area contributed by atoms with Gasteiger partial charge in [-0.1, -0.05) is 30.8 Å². The van der Waals surface area contributed by atoms with Gasteiger partial charge in [0.15, 0.2) is 11.6 Å². The van der Waals surface area contributed by atoms with Gasteiger partial charge in [-0.15, -0.1) is 0 Å². The molecule has 2 rings (SSSR count). The molecule has 1 atom stereocenters. The Kier molecular flexibility index (Phi) is 5.15. The minimum Gasteiger partial charge on any atom is -0.313 e. The van der Waals surface area contributed by atoms with Crippen molar-refractivity contribution in [2.75, 3.05) is 7.05 Å². The number of halogens is 2. The highest BCUT2D eigenvalue weighted by Crippen LogP contribution is 2.29. The van der Waals surface area contributed by atoms with Crippen LogP contribution in [-0.4, -0.2) is 7.05 Å². The minimum absolute atomic E-state index is 0.345. The number of nitrogens with one attached hydrogen (secondary N) is 1. The number of benzene rings is 2. The highest BCUT2D eigenvalue weighted by atomic mass is 32.2. The van der Waals surface area contributed by atoms with Crippen molar-refractivity contribution in [3.05, 3.63) is 59.7 Å². The first-order chi connectivity index (χ1) is 9.63. The van der Waals surface area contributed by atoms with E-state index in [1.165, 1.54) is 23.4 Å². The molecule has 2 aromatic carbocycles. The standard InChI is InChI=1S/C16H17F2NS/c1-3-16(19-2)11-4-6-12(7-5-11)20-13-8-9-14(17)15(18)10-13/h4-10,16,19H,3H2,1-2H3. The molecule has 20 heavy (non-hydrogen) atoms. The fraction of sp³-hybridized carbons (Fsp3) is 0.250. The molecule has 0 aliphatic carbocycles. The lowest BCUT2D eigenvalue weighted by Gasteiger charge is -2.14. The summed E-state index contributed by atoms with van der Waals surface area (Å²) in [6.07, 6.45) is 1.02. The van der Waals surface area contributed by atoms with Gasteiger partial charge in [-0.2, -0.15) is 0 Å². The van der Waals surface area contributed by atoms with Gasteiger partial charge < -0.3 is 5.32 Å². The van der Waals surface area contributed by atoms with Gasteiger partial charge in [0.25, 0.3) is 0 Å². The van der Waals surface area contributed by atoms with Crippen LogP contribution in [-0.2, 0) is 0 Å². The fourth-order valence-electron chi connectivity index (χ4n) is 2.05. The third-order valence-electron chi connectivity index (χ3n) is 3.17. The van der Waals surface area contributed by atoms with E-state index in [1.54, 1.807) is 6.07 Å². The van der Waals surface area contributed by atoms with Crippen molar-refractivity contribution in [3.8, 4) is 0 Å². The highest BCUT2D eigenvalue weighted by molar-refractivity contribution is 7.99. The second-order valence-electron chi connectivity index (χ2n) is 4.50. The maximum absolute atomic E-state index is 13.1. The summed E-state index contributed by atoms with van der Waals surface area (Å²) >= 11 is 1.42. The van der Waals surface area contributed by atoms with E-state index in [9.17, 15) is 8.78 Å². The Morgan fingerprint density at radius 1 is 1.00 bits per heavy atom. The zero-order valence-corrected chi connectivity index (χ0v) is 12.3. The first-order valence-electron chi connectivity index (χ1n) is 6.54. The van der Waals surface area contributed by atoms with Gasteiger partial charge in [-0.25, -0.2) is 8.78 Å². The van der Waals surface area contributed by atoms with Gasteiger partial charge in [0.2, 0.25) is 0 Å². The largest absolute Gasteiger partial charge is 0.313 e. The van der Waals surface area contributed by atoms with Crippen molar-refractivity contribution in [2.45, 2.75) is 29.2 Å². The molecule has 0 heterocycles. The van der Waals surface area contributed by atoms with E-state index >= 15 is 0 Å². The molecule has 1 nitrogen and oxygen atoms in total. The minimum atomic E-state index is -0.815. The van der Waals surface area contributed by atoms with Gasteiger partial charge in [-0.3, -0.25) is 0 Å². The van der Waals surface area contributed by atoms with Gasteiger partial charge >= 0.3 is 0 Å². The van der Waals surface area contributed by atoms with E-state index in [4.69, 9.17) is 0 Å². The Morgan fingerprint density at radius 3 is 2.20 bits per heavy atom. The Bertz CT molecular complexity index is 565. The van der Waals surface area contributed by atoms with E-state index in [2.05, 4.69) is 24.4 Å². The van der Waals surface area contributed by atoms with E-state index in [0.29, 0.717) is 10.9 Å². The average Bonchev–Trinajstić information content (AvgIpc) is 2.46. The molecular weight excluding hydrogens is 276 g/mol. The van der Waals surface area contributed by atoms with Crippen molar-refractivity contribution in [1.82, 2.24) is 5.32 Å². The molecule has 0 bridgehead atoms. The second-order valence-corrected chi connectivity index (χ2v) is 5.64. The molecule has 0 saturated carbocycles. The predicted molar refractivity (Wildman–Crippen MR) is 79.0 cm³/mol. The summed E-state index contributed by atoms with van der Waals surface area (Å²) in [5, 5.41) is 3.25. The van der Waals surface area contributed by atoms with Crippen LogP contribution in [0.1, 0.15) is 24.9 Å². The molecule has 0 amide bonds. The molecule has 1 N–H and O–H groups in total. The van der Waals surface area contributed by atoms with Crippen LogP contribution >= 0.6 is 11.8 Å². The molecule has 0 radical (unpaired) electrons. The lowest BCUT2D eigenvalue weighted by Crippen LogP contribution is -2.14. The number of hydrogen-bond donors (Lipinski definition) is 1. The van der Waals surface area contributed by atoms with Crippen LogP contribution in [0.3, 0.4) is 0 Å². The third-order valence-corrected chi connectivity index (χ3v) is 4.16.